The van der Waals surface area contributed by atoms with Gasteiger partial charge in [0.05, 0.1) is 12.7 Å². The number of anilines is 1. The van der Waals surface area contributed by atoms with Crippen molar-refractivity contribution < 1.29 is 14.2 Å². The van der Waals surface area contributed by atoms with Crippen molar-refractivity contribution in [3.05, 3.63) is 29.6 Å². The van der Waals surface area contributed by atoms with Crippen molar-refractivity contribution in [2.45, 2.75) is 26.9 Å². The second-order valence-electron chi connectivity index (χ2n) is 4.16. The summed E-state index contributed by atoms with van der Waals surface area (Å²) in [6.07, 6.45) is -0.683. The molecule has 0 aliphatic heterocycles. The molecule has 0 aliphatic rings. The van der Waals surface area contributed by atoms with E-state index in [1.54, 1.807) is 13.0 Å². The zero-order valence-electron chi connectivity index (χ0n) is 11.3. The second-order valence-corrected chi connectivity index (χ2v) is 4.16. The predicted octanol–water partition coefficient (Wildman–Crippen LogP) is 2.74. The molecule has 1 atom stereocenters. The minimum Gasteiger partial charge on any atom is -0.389 e. The third-order valence-corrected chi connectivity index (χ3v) is 2.87. The number of benzene rings is 1. The van der Waals surface area contributed by atoms with Gasteiger partial charge in [-0.1, -0.05) is 0 Å². The van der Waals surface area contributed by atoms with Crippen LogP contribution in [0.4, 0.5) is 10.1 Å². The van der Waals surface area contributed by atoms with Crippen molar-refractivity contribution in [3.8, 4) is 0 Å². The van der Waals surface area contributed by atoms with Crippen molar-refractivity contribution in [3.63, 3.8) is 0 Å². The molecule has 0 radical (unpaired) electrons. The number of hydrogen-bond donors (Lipinski definition) is 1. The van der Waals surface area contributed by atoms with Crippen LogP contribution in [-0.2, 0) is 4.74 Å². The molecule has 0 fully saturated rings. The lowest BCUT2D eigenvalue weighted by molar-refractivity contribution is 0.153. The smallest absolute Gasteiger partial charge is 0.123 e. The Balaban J connectivity index is 2.90. The van der Waals surface area contributed by atoms with Crippen LogP contribution in [0, 0.1) is 5.82 Å². The Morgan fingerprint density at radius 1 is 1.39 bits per heavy atom. The van der Waals surface area contributed by atoms with Gasteiger partial charge in [0.15, 0.2) is 0 Å². The summed E-state index contributed by atoms with van der Waals surface area (Å²) >= 11 is 0. The van der Waals surface area contributed by atoms with E-state index in [4.69, 9.17) is 4.74 Å². The van der Waals surface area contributed by atoms with Crippen LogP contribution in [0.3, 0.4) is 0 Å². The van der Waals surface area contributed by atoms with Gasteiger partial charge >= 0.3 is 0 Å². The summed E-state index contributed by atoms with van der Waals surface area (Å²) in [5.41, 5.74) is 1.49. The minimum atomic E-state index is -0.683. The highest BCUT2D eigenvalue weighted by Crippen LogP contribution is 2.27. The van der Waals surface area contributed by atoms with Gasteiger partial charge in [-0.3, -0.25) is 0 Å². The molecule has 0 aliphatic carbocycles. The number of ether oxygens (including phenoxy) is 1. The van der Waals surface area contributed by atoms with E-state index in [-0.39, 0.29) is 5.82 Å². The number of likely N-dealkylation sites (N-methyl/N-ethyl adjacent to an activating group) is 1. The van der Waals surface area contributed by atoms with Gasteiger partial charge in [-0.2, -0.15) is 0 Å². The summed E-state index contributed by atoms with van der Waals surface area (Å²) in [5, 5.41) is 9.72. The molecule has 1 N–H and O–H groups in total. The summed E-state index contributed by atoms with van der Waals surface area (Å²) in [6.45, 7) is 8.46. The van der Waals surface area contributed by atoms with Gasteiger partial charge in [-0.05, 0) is 39.0 Å². The lowest BCUT2D eigenvalue weighted by Gasteiger charge is -2.26. The minimum absolute atomic E-state index is 0.324. The maximum Gasteiger partial charge on any atom is 0.123 e. The molecule has 0 heterocycles. The van der Waals surface area contributed by atoms with Crippen LogP contribution >= 0.6 is 0 Å². The Kier molecular flexibility index (Phi) is 6.09. The standard InChI is InChI=1S/C14H22FNO2/c1-4-16(8-9-18-5-2)14-7-6-12(15)10-13(14)11(3)17/h6-7,10-11,17H,4-5,8-9H2,1-3H3/t11-/m1/s1. The first kappa shape index (κ1) is 14.9. The topological polar surface area (TPSA) is 32.7 Å². The number of rotatable bonds is 7. The highest BCUT2D eigenvalue weighted by molar-refractivity contribution is 5.54. The molecule has 4 heteroatoms. The lowest BCUT2D eigenvalue weighted by Crippen LogP contribution is -2.28. The molecule has 0 spiro atoms. The van der Waals surface area contributed by atoms with E-state index in [0.29, 0.717) is 18.8 Å². The molecule has 3 nitrogen and oxygen atoms in total. The molecule has 0 saturated heterocycles. The third kappa shape index (κ3) is 3.96. The fourth-order valence-corrected chi connectivity index (χ4v) is 1.92. The zero-order valence-corrected chi connectivity index (χ0v) is 11.3. The van der Waals surface area contributed by atoms with Gasteiger partial charge in [0.25, 0.3) is 0 Å². The first-order valence-electron chi connectivity index (χ1n) is 6.40. The normalized spacial score (nSPS) is 12.5. The van der Waals surface area contributed by atoms with E-state index in [1.807, 2.05) is 13.8 Å². The fourth-order valence-electron chi connectivity index (χ4n) is 1.92. The molecule has 0 saturated carbocycles. The Labute approximate surface area is 108 Å². The van der Waals surface area contributed by atoms with Crippen LogP contribution < -0.4 is 4.90 Å². The number of nitrogens with zero attached hydrogens (tertiary/aromatic N) is 1. The zero-order chi connectivity index (χ0) is 13.5. The molecule has 1 rings (SSSR count). The Morgan fingerprint density at radius 2 is 2.11 bits per heavy atom. The maximum absolute atomic E-state index is 13.2. The average molecular weight is 255 g/mol. The van der Waals surface area contributed by atoms with Crippen LogP contribution in [0.15, 0.2) is 18.2 Å². The van der Waals surface area contributed by atoms with Crippen molar-refractivity contribution in [1.82, 2.24) is 0 Å². The van der Waals surface area contributed by atoms with Gasteiger partial charge in [-0.15, -0.1) is 0 Å². The summed E-state index contributed by atoms with van der Waals surface area (Å²) in [6, 6.07) is 4.53. The summed E-state index contributed by atoms with van der Waals surface area (Å²) < 4.78 is 18.6. The van der Waals surface area contributed by atoms with Gasteiger partial charge in [0, 0.05) is 30.9 Å². The van der Waals surface area contributed by atoms with Crippen LogP contribution in [-0.4, -0.2) is 31.4 Å². The van der Waals surface area contributed by atoms with Crippen LogP contribution in [0.1, 0.15) is 32.4 Å². The summed E-state index contributed by atoms with van der Waals surface area (Å²) in [4.78, 5) is 2.08. The van der Waals surface area contributed by atoms with Crippen molar-refractivity contribution in [2.75, 3.05) is 31.2 Å². The molecule has 18 heavy (non-hydrogen) atoms. The quantitative estimate of drug-likeness (QED) is 0.760. The van der Waals surface area contributed by atoms with E-state index < -0.39 is 6.10 Å². The van der Waals surface area contributed by atoms with E-state index in [2.05, 4.69) is 4.90 Å². The molecular weight excluding hydrogens is 233 g/mol. The highest BCUT2D eigenvalue weighted by atomic mass is 19.1. The van der Waals surface area contributed by atoms with E-state index in [1.165, 1.54) is 12.1 Å². The van der Waals surface area contributed by atoms with E-state index in [9.17, 15) is 9.50 Å². The van der Waals surface area contributed by atoms with Crippen molar-refractivity contribution in [2.24, 2.45) is 0 Å². The molecule has 0 bridgehead atoms. The molecule has 0 amide bonds. The van der Waals surface area contributed by atoms with Crippen LogP contribution in [0.2, 0.25) is 0 Å². The monoisotopic (exact) mass is 255 g/mol. The average Bonchev–Trinajstić information content (AvgIpc) is 2.35. The van der Waals surface area contributed by atoms with Crippen LogP contribution in [0.25, 0.3) is 0 Å². The largest absolute Gasteiger partial charge is 0.389 e. The first-order chi connectivity index (χ1) is 8.60. The third-order valence-electron chi connectivity index (χ3n) is 2.87. The molecular formula is C14H22FNO2. The second kappa shape index (κ2) is 7.34. The number of aliphatic hydroxyl groups is 1. The Hall–Kier alpha value is -1.13. The fraction of sp³-hybridized carbons (Fsp3) is 0.571. The van der Waals surface area contributed by atoms with E-state index >= 15 is 0 Å². The Bertz CT molecular complexity index is 369. The van der Waals surface area contributed by atoms with Crippen LogP contribution in [0.5, 0.6) is 0 Å². The number of hydrogen-bond acceptors (Lipinski definition) is 3. The first-order valence-corrected chi connectivity index (χ1v) is 6.40. The maximum atomic E-state index is 13.2. The molecule has 0 unspecified atom stereocenters. The molecule has 1 aromatic rings. The van der Waals surface area contributed by atoms with Gasteiger partial charge in [-0.25, -0.2) is 4.39 Å². The summed E-state index contributed by atoms with van der Waals surface area (Å²) in [5.74, 6) is -0.324. The van der Waals surface area contributed by atoms with Crippen molar-refractivity contribution >= 4 is 5.69 Å². The molecule has 102 valence electrons. The number of halogens is 1. The molecule has 1 aromatic carbocycles. The van der Waals surface area contributed by atoms with Crippen molar-refractivity contribution in [1.29, 1.82) is 0 Å². The van der Waals surface area contributed by atoms with Gasteiger partial charge in [0.2, 0.25) is 0 Å². The van der Waals surface area contributed by atoms with Gasteiger partial charge in [0.1, 0.15) is 5.82 Å². The lowest BCUT2D eigenvalue weighted by atomic mass is 10.1. The summed E-state index contributed by atoms with van der Waals surface area (Å²) in [7, 11) is 0. The Morgan fingerprint density at radius 3 is 2.67 bits per heavy atom. The highest BCUT2D eigenvalue weighted by Gasteiger charge is 2.14. The number of aliphatic hydroxyl groups excluding tert-OH is 1. The van der Waals surface area contributed by atoms with E-state index in [0.717, 1.165) is 18.8 Å². The predicted molar refractivity (Wildman–Crippen MR) is 71.4 cm³/mol. The SMILES string of the molecule is CCOCCN(CC)c1ccc(F)cc1[C@@H](C)O. The molecule has 0 aromatic heterocycles. The van der Waals surface area contributed by atoms with Gasteiger partial charge < -0.3 is 14.7 Å².